The van der Waals surface area contributed by atoms with Gasteiger partial charge in [0.25, 0.3) is 0 Å². The highest BCUT2D eigenvalue weighted by molar-refractivity contribution is 6.10. The first kappa shape index (κ1) is 25.4. The standard InChI is InChI=1S/C41H26N2O2/c1-3-11-27(12-4-1)30-23-34(28-13-5-2-6-14-28)42-35(24-30)29-19-21-31(22-20-29)43-36-16-8-7-15-32(36)33-25-40-41(26-37(33)43)45-39-18-10-9-17-38(39)44-40/h1-26H. The molecular weight excluding hydrogens is 552 g/mol. The number of para-hydroxylation sites is 3. The molecule has 0 bridgehead atoms. The smallest absolute Gasteiger partial charge is 0.172 e. The molecule has 212 valence electrons. The predicted molar refractivity (Wildman–Crippen MR) is 181 cm³/mol. The van der Waals surface area contributed by atoms with Crippen molar-refractivity contribution in [3.63, 3.8) is 0 Å². The molecule has 0 N–H and O–H groups in total. The number of pyridine rings is 1. The highest BCUT2D eigenvalue weighted by atomic mass is 16.6. The fraction of sp³-hybridized carbons (Fsp3) is 0. The first-order valence-corrected chi connectivity index (χ1v) is 15.0. The average Bonchev–Trinajstić information content (AvgIpc) is 3.43. The van der Waals surface area contributed by atoms with Gasteiger partial charge in [-0.25, -0.2) is 4.98 Å². The van der Waals surface area contributed by atoms with Gasteiger partial charge < -0.3 is 14.0 Å². The van der Waals surface area contributed by atoms with Crippen LogP contribution >= 0.6 is 0 Å². The summed E-state index contributed by atoms with van der Waals surface area (Å²) in [5, 5.41) is 2.27. The molecule has 4 heteroatoms. The molecule has 0 saturated heterocycles. The number of hydrogen-bond donors (Lipinski definition) is 0. The Morgan fingerprint density at radius 1 is 0.378 bits per heavy atom. The highest BCUT2D eigenvalue weighted by Crippen LogP contribution is 2.48. The third-order valence-electron chi connectivity index (χ3n) is 8.45. The molecular formula is C41H26N2O2. The number of nitrogens with zero attached hydrogens (tertiary/aromatic N) is 2. The molecule has 0 spiro atoms. The van der Waals surface area contributed by atoms with Crippen LogP contribution in [0.25, 0.3) is 61.1 Å². The van der Waals surface area contributed by atoms with E-state index in [0.717, 1.165) is 78.4 Å². The molecule has 4 nitrogen and oxygen atoms in total. The molecule has 0 aliphatic carbocycles. The Hall–Kier alpha value is -6.13. The van der Waals surface area contributed by atoms with Crippen LogP contribution in [0.15, 0.2) is 158 Å². The summed E-state index contributed by atoms with van der Waals surface area (Å²) in [5.41, 5.74) is 9.57. The Balaban J connectivity index is 1.17. The molecule has 1 aliphatic rings. The molecule has 6 aromatic carbocycles. The minimum absolute atomic E-state index is 0.706. The van der Waals surface area contributed by atoms with Crippen molar-refractivity contribution >= 4 is 21.8 Å². The second-order valence-electron chi connectivity index (χ2n) is 11.2. The van der Waals surface area contributed by atoms with E-state index >= 15 is 0 Å². The van der Waals surface area contributed by atoms with E-state index in [4.69, 9.17) is 14.5 Å². The van der Waals surface area contributed by atoms with Crippen molar-refractivity contribution in [3.05, 3.63) is 158 Å². The molecule has 0 fully saturated rings. The zero-order valence-corrected chi connectivity index (χ0v) is 24.2. The van der Waals surface area contributed by atoms with Gasteiger partial charge >= 0.3 is 0 Å². The molecule has 0 saturated carbocycles. The summed E-state index contributed by atoms with van der Waals surface area (Å²) in [6, 6.07) is 54.3. The first-order valence-electron chi connectivity index (χ1n) is 15.0. The van der Waals surface area contributed by atoms with E-state index < -0.39 is 0 Å². The Labute approximate surface area is 260 Å². The second kappa shape index (κ2) is 10.2. The van der Waals surface area contributed by atoms with E-state index in [1.54, 1.807) is 0 Å². The molecule has 0 amide bonds. The number of hydrogen-bond acceptors (Lipinski definition) is 3. The molecule has 0 atom stereocenters. The largest absolute Gasteiger partial charge is 0.449 e. The quantitative estimate of drug-likeness (QED) is 0.208. The third-order valence-corrected chi connectivity index (χ3v) is 8.45. The SMILES string of the molecule is c1ccc(-c2cc(-c3ccccc3)nc(-c3ccc(-n4c5ccccc5c5cc6c(cc54)Oc4ccccc4O6)cc3)c2)cc1. The van der Waals surface area contributed by atoms with Gasteiger partial charge in [0.1, 0.15) is 0 Å². The average molecular weight is 579 g/mol. The lowest BCUT2D eigenvalue weighted by Crippen LogP contribution is -1.99. The van der Waals surface area contributed by atoms with Crippen molar-refractivity contribution in [2.75, 3.05) is 0 Å². The zero-order valence-electron chi connectivity index (χ0n) is 24.2. The van der Waals surface area contributed by atoms with E-state index in [2.05, 4.69) is 126 Å². The molecule has 9 rings (SSSR count). The second-order valence-corrected chi connectivity index (χ2v) is 11.2. The third kappa shape index (κ3) is 4.35. The maximum Gasteiger partial charge on any atom is 0.172 e. The molecule has 1 aliphatic heterocycles. The van der Waals surface area contributed by atoms with Crippen molar-refractivity contribution in [1.82, 2.24) is 9.55 Å². The number of ether oxygens (including phenoxy) is 2. The summed E-state index contributed by atoms with van der Waals surface area (Å²) in [4.78, 5) is 5.12. The minimum Gasteiger partial charge on any atom is -0.449 e. The maximum atomic E-state index is 6.30. The van der Waals surface area contributed by atoms with Gasteiger partial charge in [-0.3, -0.25) is 0 Å². The van der Waals surface area contributed by atoms with Crippen LogP contribution in [0.1, 0.15) is 0 Å². The van der Waals surface area contributed by atoms with Crippen LogP contribution in [0, 0.1) is 0 Å². The van der Waals surface area contributed by atoms with E-state index in [1.807, 2.05) is 36.4 Å². The van der Waals surface area contributed by atoms with Crippen molar-refractivity contribution in [1.29, 1.82) is 0 Å². The summed E-state index contributed by atoms with van der Waals surface area (Å²) in [6.45, 7) is 0. The molecule has 8 aromatic rings. The summed E-state index contributed by atoms with van der Waals surface area (Å²) in [6.07, 6.45) is 0. The van der Waals surface area contributed by atoms with Gasteiger partial charge in [-0.1, -0.05) is 103 Å². The van der Waals surface area contributed by atoms with Crippen LogP contribution in [0.5, 0.6) is 23.0 Å². The van der Waals surface area contributed by atoms with Crippen LogP contribution in [-0.4, -0.2) is 9.55 Å². The highest BCUT2D eigenvalue weighted by Gasteiger charge is 2.22. The Kier molecular flexibility index (Phi) is 5.78. The molecule has 3 heterocycles. The maximum absolute atomic E-state index is 6.30. The van der Waals surface area contributed by atoms with Gasteiger partial charge in [-0.2, -0.15) is 0 Å². The van der Waals surface area contributed by atoms with Gasteiger partial charge in [0.15, 0.2) is 23.0 Å². The predicted octanol–water partition coefficient (Wildman–Crippen LogP) is 11.1. The Bertz CT molecular complexity index is 2300. The van der Waals surface area contributed by atoms with Gasteiger partial charge in [0.2, 0.25) is 0 Å². The van der Waals surface area contributed by atoms with E-state index in [-0.39, 0.29) is 0 Å². The van der Waals surface area contributed by atoms with E-state index in [9.17, 15) is 0 Å². The van der Waals surface area contributed by atoms with Crippen LogP contribution in [-0.2, 0) is 0 Å². The van der Waals surface area contributed by atoms with Gasteiger partial charge in [0, 0.05) is 33.7 Å². The van der Waals surface area contributed by atoms with Crippen molar-refractivity contribution in [2.45, 2.75) is 0 Å². The van der Waals surface area contributed by atoms with Crippen molar-refractivity contribution in [2.24, 2.45) is 0 Å². The first-order chi connectivity index (χ1) is 22.3. The Morgan fingerprint density at radius 2 is 0.933 bits per heavy atom. The van der Waals surface area contributed by atoms with Crippen molar-refractivity contribution < 1.29 is 9.47 Å². The zero-order chi connectivity index (χ0) is 29.7. The lowest BCUT2D eigenvalue weighted by Gasteiger charge is -2.20. The van der Waals surface area contributed by atoms with Crippen LogP contribution in [0.2, 0.25) is 0 Å². The summed E-state index contributed by atoms with van der Waals surface area (Å²) in [5.74, 6) is 2.87. The summed E-state index contributed by atoms with van der Waals surface area (Å²) in [7, 11) is 0. The number of fused-ring (bicyclic) bond motifs is 5. The van der Waals surface area contributed by atoms with Crippen LogP contribution < -0.4 is 9.47 Å². The van der Waals surface area contributed by atoms with Gasteiger partial charge in [0.05, 0.1) is 22.4 Å². The van der Waals surface area contributed by atoms with Gasteiger partial charge in [-0.05, 0) is 59.7 Å². The van der Waals surface area contributed by atoms with E-state index in [1.165, 1.54) is 0 Å². The molecule has 45 heavy (non-hydrogen) atoms. The van der Waals surface area contributed by atoms with Gasteiger partial charge in [-0.15, -0.1) is 0 Å². The lowest BCUT2D eigenvalue weighted by molar-refractivity contribution is 0.360. The van der Waals surface area contributed by atoms with E-state index in [0.29, 0.717) is 5.75 Å². The van der Waals surface area contributed by atoms with Crippen LogP contribution in [0.4, 0.5) is 0 Å². The normalized spacial score (nSPS) is 11.9. The van der Waals surface area contributed by atoms with Crippen LogP contribution in [0.3, 0.4) is 0 Å². The molecule has 2 aromatic heterocycles. The molecule has 0 unspecified atom stereocenters. The summed E-state index contributed by atoms with van der Waals surface area (Å²) >= 11 is 0. The lowest BCUT2D eigenvalue weighted by atomic mass is 10.00. The number of rotatable bonds is 4. The monoisotopic (exact) mass is 578 g/mol. The molecule has 0 radical (unpaired) electrons. The Morgan fingerprint density at radius 3 is 1.62 bits per heavy atom. The fourth-order valence-corrected chi connectivity index (χ4v) is 6.28. The minimum atomic E-state index is 0.706. The van der Waals surface area contributed by atoms with Crippen molar-refractivity contribution in [3.8, 4) is 62.3 Å². The number of benzene rings is 6. The fourth-order valence-electron chi connectivity index (χ4n) is 6.28. The number of aromatic nitrogens is 2. The topological polar surface area (TPSA) is 36.3 Å². The summed E-state index contributed by atoms with van der Waals surface area (Å²) < 4.78 is 14.8.